The summed E-state index contributed by atoms with van der Waals surface area (Å²) in [6.07, 6.45) is 4.90. The first-order chi connectivity index (χ1) is 11.9. The minimum atomic E-state index is -3.71. The van der Waals surface area contributed by atoms with Gasteiger partial charge in [0.1, 0.15) is 5.75 Å². The zero-order chi connectivity index (χ0) is 17.7. The van der Waals surface area contributed by atoms with Gasteiger partial charge in [0.05, 0.1) is 11.5 Å². The molecule has 1 atom stereocenters. The molecule has 2 aromatic rings. The second kappa shape index (κ2) is 6.01. The molecule has 2 aromatic carbocycles. The van der Waals surface area contributed by atoms with Crippen molar-refractivity contribution in [2.24, 2.45) is 5.14 Å². The summed E-state index contributed by atoms with van der Waals surface area (Å²) in [6.45, 7) is 0.601. The van der Waals surface area contributed by atoms with Gasteiger partial charge < -0.3 is 4.74 Å². The Balaban J connectivity index is 1.71. The van der Waals surface area contributed by atoms with Crippen LogP contribution < -0.4 is 9.88 Å². The summed E-state index contributed by atoms with van der Waals surface area (Å²) in [5.74, 6) is 0.755. The van der Waals surface area contributed by atoms with Crippen LogP contribution >= 0.6 is 11.6 Å². The van der Waals surface area contributed by atoms with Gasteiger partial charge in [0.25, 0.3) is 0 Å². The van der Waals surface area contributed by atoms with E-state index in [-0.39, 0.29) is 10.3 Å². The zero-order valence-corrected chi connectivity index (χ0v) is 15.4. The first kappa shape index (κ1) is 16.9. The van der Waals surface area contributed by atoms with Crippen LogP contribution in [0.3, 0.4) is 0 Å². The summed E-state index contributed by atoms with van der Waals surface area (Å²) in [6, 6.07) is 11.0. The minimum absolute atomic E-state index is 0.0427. The summed E-state index contributed by atoms with van der Waals surface area (Å²) in [5.41, 5.74) is 3.49. The Morgan fingerprint density at radius 1 is 1.04 bits per heavy atom. The topological polar surface area (TPSA) is 69.4 Å². The van der Waals surface area contributed by atoms with E-state index in [0.717, 1.165) is 48.4 Å². The Morgan fingerprint density at radius 2 is 1.88 bits per heavy atom. The molecule has 1 unspecified atom stereocenters. The highest BCUT2D eigenvalue weighted by Gasteiger charge is 2.39. The number of nitrogens with two attached hydrogens (primary N) is 1. The second-order valence-electron chi connectivity index (χ2n) is 7.04. The highest BCUT2D eigenvalue weighted by atomic mass is 35.5. The first-order valence-electron chi connectivity index (χ1n) is 8.45. The molecule has 2 aliphatic rings. The molecule has 4 rings (SSSR count). The normalized spacial score (nSPS) is 22.6. The monoisotopic (exact) mass is 377 g/mol. The van der Waals surface area contributed by atoms with E-state index in [1.807, 2.05) is 6.07 Å². The van der Waals surface area contributed by atoms with E-state index in [9.17, 15) is 8.42 Å². The Bertz CT molecular complexity index is 942. The molecule has 25 heavy (non-hydrogen) atoms. The molecule has 0 radical (unpaired) electrons. The lowest BCUT2D eigenvalue weighted by molar-refractivity contribution is 0.195. The smallest absolute Gasteiger partial charge is 0.238 e. The van der Waals surface area contributed by atoms with Crippen molar-refractivity contribution >= 4 is 21.6 Å². The highest BCUT2D eigenvalue weighted by molar-refractivity contribution is 7.89. The third-order valence-corrected chi connectivity index (χ3v) is 6.62. The molecule has 0 saturated carbocycles. The lowest BCUT2D eigenvalue weighted by atomic mass is 9.68. The second-order valence-corrected chi connectivity index (χ2v) is 9.04. The third-order valence-electron chi connectivity index (χ3n) is 5.48. The molecule has 6 heteroatoms. The van der Waals surface area contributed by atoms with Gasteiger partial charge in [0, 0.05) is 10.4 Å². The van der Waals surface area contributed by atoms with Crippen LogP contribution in [0.2, 0.25) is 5.02 Å². The number of fused-ring (bicyclic) bond motifs is 3. The molecule has 132 valence electrons. The molecular weight excluding hydrogens is 358 g/mol. The maximum absolute atomic E-state index is 11.6. The number of halogens is 1. The molecule has 0 fully saturated rings. The van der Waals surface area contributed by atoms with E-state index >= 15 is 0 Å². The number of benzene rings is 2. The highest BCUT2D eigenvalue weighted by Crippen LogP contribution is 2.44. The van der Waals surface area contributed by atoms with Crippen LogP contribution in [0, 0.1) is 0 Å². The van der Waals surface area contributed by atoms with Crippen LogP contribution in [0.15, 0.2) is 41.3 Å². The van der Waals surface area contributed by atoms with E-state index in [4.69, 9.17) is 21.5 Å². The summed E-state index contributed by atoms with van der Waals surface area (Å²) in [7, 11) is -3.71. The maximum atomic E-state index is 11.6. The van der Waals surface area contributed by atoms with Gasteiger partial charge in [-0.05, 0) is 79.1 Å². The van der Waals surface area contributed by atoms with Crippen LogP contribution in [-0.4, -0.2) is 15.0 Å². The van der Waals surface area contributed by atoms with Crippen molar-refractivity contribution < 1.29 is 13.2 Å². The maximum Gasteiger partial charge on any atom is 0.238 e. The number of rotatable bonds is 1. The molecule has 4 nitrogen and oxygen atoms in total. The lowest BCUT2D eigenvalue weighted by Crippen LogP contribution is -2.36. The van der Waals surface area contributed by atoms with E-state index in [0.29, 0.717) is 6.61 Å². The summed E-state index contributed by atoms with van der Waals surface area (Å²) in [4.78, 5) is 0.140. The van der Waals surface area contributed by atoms with Crippen molar-refractivity contribution in [3.63, 3.8) is 0 Å². The SMILES string of the molecule is NS(=O)(=O)c1ccc2c(c1)CCC1(CCCc3cc(Cl)ccc31)CO2. The number of ether oxygens (including phenoxy) is 1. The van der Waals surface area contributed by atoms with Gasteiger partial charge >= 0.3 is 0 Å². The predicted octanol–water partition coefficient (Wildman–Crippen LogP) is 3.59. The number of aryl methyl sites for hydroxylation is 2. The molecule has 1 aliphatic heterocycles. The quantitative estimate of drug-likeness (QED) is 0.825. The zero-order valence-electron chi connectivity index (χ0n) is 13.8. The van der Waals surface area contributed by atoms with Crippen molar-refractivity contribution in [1.82, 2.24) is 0 Å². The summed E-state index contributed by atoms with van der Waals surface area (Å²) < 4.78 is 29.4. The van der Waals surface area contributed by atoms with Gasteiger partial charge in [0.15, 0.2) is 0 Å². The standard InChI is InChI=1S/C19H20ClNO3S/c20-15-3-5-17-13(10-15)2-1-8-19(17)9-7-14-11-16(25(21,22)23)4-6-18(14)24-12-19/h3-6,10-11H,1-2,7-9,12H2,(H2,21,22,23). The Kier molecular flexibility index (Phi) is 4.06. The fraction of sp³-hybridized carbons (Fsp3) is 0.368. The van der Waals surface area contributed by atoms with Gasteiger partial charge in [0.2, 0.25) is 10.0 Å². The fourth-order valence-electron chi connectivity index (χ4n) is 4.18. The van der Waals surface area contributed by atoms with Gasteiger partial charge in [-0.1, -0.05) is 17.7 Å². The van der Waals surface area contributed by atoms with Crippen LogP contribution in [0.25, 0.3) is 0 Å². The Labute approximate surface area is 153 Å². The fourth-order valence-corrected chi connectivity index (χ4v) is 4.94. The van der Waals surface area contributed by atoms with E-state index < -0.39 is 10.0 Å². The minimum Gasteiger partial charge on any atom is -0.492 e. The van der Waals surface area contributed by atoms with Crippen molar-refractivity contribution in [1.29, 1.82) is 0 Å². The number of hydrogen-bond acceptors (Lipinski definition) is 3. The van der Waals surface area contributed by atoms with Crippen molar-refractivity contribution in [2.75, 3.05) is 6.61 Å². The molecule has 0 bridgehead atoms. The van der Waals surface area contributed by atoms with Gasteiger partial charge in [-0.2, -0.15) is 0 Å². The molecule has 1 aliphatic carbocycles. The number of sulfonamides is 1. The van der Waals surface area contributed by atoms with Gasteiger partial charge in [-0.25, -0.2) is 13.6 Å². The van der Waals surface area contributed by atoms with Crippen LogP contribution in [0.4, 0.5) is 0 Å². The Hall–Kier alpha value is -1.56. The van der Waals surface area contributed by atoms with Gasteiger partial charge in [-0.3, -0.25) is 0 Å². The Morgan fingerprint density at radius 3 is 2.68 bits per heavy atom. The van der Waals surface area contributed by atoms with Crippen LogP contribution in [0.5, 0.6) is 5.75 Å². The molecule has 2 N–H and O–H groups in total. The van der Waals surface area contributed by atoms with Crippen molar-refractivity contribution in [3.05, 3.63) is 58.1 Å². The van der Waals surface area contributed by atoms with Gasteiger partial charge in [-0.15, -0.1) is 0 Å². The average Bonchev–Trinajstić information content (AvgIpc) is 2.74. The number of hydrogen-bond donors (Lipinski definition) is 1. The molecule has 0 saturated heterocycles. The molecular formula is C19H20ClNO3S. The number of primary sulfonamides is 1. The molecule has 1 spiro atoms. The van der Waals surface area contributed by atoms with E-state index in [2.05, 4.69) is 12.1 Å². The molecule has 0 amide bonds. The molecule has 0 aromatic heterocycles. The predicted molar refractivity (Wildman–Crippen MR) is 97.7 cm³/mol. The molecule has 1 heterocycles. The van der Waals surface area contributed by atoms with Crippen molar-refractivity contribution in [3.8, 4) is 5.75 Å². The average molecular weight is 378 g/mol. The van der Waals surface area contributed by atoms with Crippen LogP contribution in [-0.2, 0) is 28.3 Å². The van der Waals surface area contributed by atoms with E-state index in [1.165, 1.54) is 17.2 Å². The van der Waals surface area contributed by atoms with Crippen LogP contribution in [0.1, 0.15) is 36.0 Å². The lowest BCUT2D eigenvalue weighted by Gasteiger charge is -2.38. The largest absolute Gasteiger partial charge is 0.492 e. The first-order valence-corrected chi connectivity index (χ1v) is 10.4. The third kappa shape index (κ3) is 3.05. The summed E-state index contributed by atoms with van der Waals surface area (Å²) >= 11 is 6.17. The van der Waals surface area contributed by atoms with Crippen molar-refractivity contribution in [2.45, 2.75) is 42.4 Å². The summed E-state index contributed by atoms with van der Waals surface area (Å²) in [5, 5.41) is 6.03. The van der Waals surface area contributed by atoms with E-state index in [1.54, 1.807) is 12.1 Å².